The van der Waals surface area contributed by atoms with Crippen LogP contribution in [0.15, 0.2) is 47.8 Å². The molecule has 0 aliphatic heterocycles. The number of rotatable bonds is 6. The summed E-state index contributed by atoms with van der Waals surface area (Å²) in [5.41, 5.74) is 1.06. The molecule has 0 unspecified atom stereocenters. The van der Waals surface area contributed by atoms with Crippen molar-refractivity contribution < 1.29 is 14.3 Å². The van der Waals surface area contributed by atoms with E-state index in [1.54, 1.807) is 18.3 Å². The zero-order valence-electron chi connectivity index (χ0n) is 12.2. The summed E-state index contributed by atoms with van der Waals surface area (Å²) in [7, 11) is 0. The number of benzene rings is 1. The Balaban J connectivity index is 1.99. The van der Waals surface area contributed by atoms with Crippen molar-refractivity contribution in [2.75, 3.05) is 13.2 Å². The van der Waals surface area contributed by atoms with Crippen LogP contribution in [0.3, 0.4) is 0 Å². The van der Waals surface area contributed by atoms with E-state index in [4.69, 9.17) is 0 Å². The van der Waals surface area contributed by atoms with Crippen LogP contribution in [0.25, 0.3) is 0 Å². The maximum absolute atomic E-state index is 11.8. The largest absolute Gasteiger partial charge is 0.450 e. The molecule has 6 heteroatoms. The van der Waals surface area contributed by atoms with E-state index in [9.17, 15) is 9.59 Å². The van der Waals surface area contributed by atoms with E-state index in [2.05, 4.69) is 15.4 Å². The zero-order valence-corrected chi connectivity index (χ0v) is 13.1. The van der Waals surface area contributed by atoms with E-state index in [0.717, 1.165) is 10.4 Å². The van der Waals surface area contributed by atoms with Crippen molar-refractivity contribution in [2.45, 2.75) is 13.0 Å². The molecule has 2 rings (SSSR count). The number of hydrogen-bond donors (Lipinski definition) is 2. The zero-order chi connectivity index (χ0) is 15.8. The summed E-state index contributed by atoms with van der Waals surface area (Å²) in [6, 6.07) is 13.7. The fourth-order valence-electron chi connectivity index (χ4n) is 2.00. The molecule has 22 heavy (non-hydrogen) atoms. The van der Waals surface area contributed by atoms with Crippen LogP contribution in [0.5, 0.6) is 0 Å². The van der Waals surface area contributed by atoms with E-state index >= 15 is 0 Å². The first-order valence-corrected chi connectivity index (χ1v) is 7.87. The van der Waals surface area contributed by atoms with Crippen LogP contribution in [0, 0.1) is 0 Å². The maximum Gasteiger partial charge on any atom is 0.413 e. The Bertz CT molecular complexity index is 599. The lowest BCUT2D eigenvalue weighted by Gasteiger charge is -2.17. The highest BCUT2D eigenvalue weighted by atomic mass is 32.1. The predicted molar refractivity (Wildman–Crippen MR) is 85.8 cm³/mol. The molecule has 0 saturated carbocycles. The van der Waals surface area contributed by atoms with Crippen LogP contribution >= 0.6 is 11.3 Å². The minimum atomic E-state index is -0.721. The summed E-state index contributed by atoms with van der Waals surface area (Å²) >= 11 is 1.61. The molecule has 0 spiro atoms. The standard InChI is InChI=1S/C16H18N2O3S/c1-2-21-16(20)18-14(19)11-17-15(13-9-6-10-22-13)12-7-4-3-5-8-12/h3-10,15,17H,2,11H2,1H3,(H,18,19,20)/t15-/m0/s1. The summed E-state index contributed by atoms with van der Waals surface area (Å²) in [4.78, 5) is 24.1. The number of amides is 2. The highest BCUT2D eigenvalue weighted by Gasteiger charge is 2.16. The Morgan fingerprint density at radius 1 is 1.18 bits per heavy atom. The van der Waals surface area contributed by atoms with Gasteiger partial charge in [-0.2, -0.15) is 0 Å². The quantitative estimate of drug-likeness (QED) is 0.859. The van der Waals surface area contributed by atoms with Gasteiger partial charge in [0.1, 0.15) is 0 Å². The fourth-order valence-corrected chi connectivity index (χ4v) is 2.83. The normalized spacial score (nSPS) is 11.7. The molecule has 0 fully saturated rings. The summed E-state index contributed by atoms with van der Waals surface area (Å²) in [6.07, 6.45) is -0.721. The van der Waals surface area contributed by atoms with Crippen molar-refractivity contribution in [1.82, 2.24) is 10.6 Å². The van der Waals surface area contributed by atoms with Gasteiger partial charge in [0, 0.05) is 4.88 Å². The van der Waals surface area contributed by atoms with Crippen LogP contribution in [-0.2, 0) is 9.53 Å². The average molecular weight is 318 g/mol. The Morgan fingerprint density at radius 2 is 1.95 bits per heavy atom. The average Bonchev–Trinajstić information content (AvgIpc) is 3.03. The van der Waals surface area contributed by atoms with E-state index in [-0.39, 0.29) is 19.2 Å². The van der Waals surface area contributed by atoms with E-state index in [0.29, 0.717) is 0 Å². The van der Waals surface area contributed by atoms with Gasteiger partial charge in [-0.25, -0.2) is 4.79 Å². The molecule has 1 atom stereocenters. The van der Waals surface area contributed by atoms with Gasteiger partial charge in [-0.15, -0.1) is 11.3 Å². The van der Waals surface area contributed by atoms with Gasteiger partial charge in [0.25, 0.3) is 0 Å². The van der Waals surface area contributed by atoms with E-state index in [1.807, 2.05) is 47.8 Å². The monoisotopic (exact) mass is 318 g/mol. The fraction of sp³-hybridized carbons (Fsp3) is 0.250. The first-order valence-electron chi connectivity index (χ1n) is 6.99. The van der Waals surface area contributed by atoms with Crippen LogP contribution in [0.2, 0.25) is 0 Å². The van der Waals surface area contributed by atoms with E-state index in [1.165, 1.54) is 0 Å². The Hall–Kier alpha value is -2.18. The molecule has 0 aliphatic rings. The second kappa shape index (κ2) is 8.31. The van der Waals surface area contributed by atoms with Gasteiger partial charge in [0.2, 0.25) is 5.91 Å². The first kappa shape index (κ1) is 16.2. The molecular formula is C16H18N2O3S. The molecule has 0 radical (unpaired) electrons. The minimum absolute atomic E-state index is 0.0241. The molecule has 2 N–H and O–H groups in total. The SMILES string of the molecule is CCOC(=O)NC(=O)CN[C@@H](c1ccccc1)c1cccs1. The number of nitrogens with one attached hydrogen (secondary N) is 2. The molecule has 2 amide bonds. The molecule has 1 aromatic carbocycles. The highest BCUT2D eigenvalue weighted by Crippen LogP contribution is 2.25. The lowest BCUT2D eigenvalue weighted by Crippen LogP contribution is -2.39. The van der Waals surface area contributed by atoms with Gasteiger partial charge in [0.05, 0.1) is 19.2 Å². The summed E-state index contributed by atoms with van der Waals surface area (Å²) in [6.45, 7) is 1.94. The van der Waals surface area contributed by atoms with Crippen molar-refractivity contribution in [3.63, 3.8) is 0 Å². The molecular weight excluding hydrogens is 300 g/mol. The summed E-state index contributed by atoms with van der Waals surface area (Å²) in [5.74, 6) is -0.420. The van der Waals surface area contributed by atoms with Gasteiger partial charge in [-0.05, 0) is 23.9 Å². The van der Waals surface area contributed by atoms with Crippen LogP contribution < -0.4 is 10.6 Å². The van der Waals surface area contributed by atoms with Gasteiger partial charge < -0.3 is 4.74 Å². The van der Waals surface area contributed by atoms with Crippen molar-refractivity contribution >= 4 is 23.3 Å². The Morgan fingerprint density at radius 3 is 2.59 bits per heavy atom. The molecule has 1 heterocycles. The molecule has 2 aromatic rings. The van der Waals surface area contributed by atoms with Crippen molar-refractivity contribution in [1.29, 1.82) is 0 Å². The highest BCUT2D eigenvalue weighted by molar-refractivity contribution is 7.10. The Labute approximate surface area is 133 Å². The molecule has 0 bridgehead atoms. The Kier molecular flexibility index (Phi) is 6.12. The van der Waals surface area contributed by atoms with Gasteiger partial charge in [-0.3, -0.25) is 15.4 Å². The third-order valence-corrected chi connectivity index (χ3v) is 3.88. The molecule has 0 saturated heterocycles. The molecule has 0 aliphatic carbocycles. The van der Waals surface area contributed by atoms with Gasteiger partial charge in [-0.1, -0.05) is 36.4 Å². The number of carbonyl (C=O) groups is 2. The topological polar surface area (TPSA) is 67.4 Å². The number of alkyl carbamates (subject to hydrolysis) is 1. The molecule has 116 valence electrons. The first-order chi connectivity index (χ1) is 10.7. The third-order valence-electron chi connectivity index (χ3n) is 2.94. The molecule has 1 aromatic heterocycles. The second-order valence-corrected chi connectivity index (χ2v) is 5.49. The van der Waals surface area contributed by atoms with Crippen molar-refractivity contribution in [3.05, 3.63) is 58.3 Å². The van der Waals surface area contributed by atoms with Gasteiger partial charge >= 0.3 is 6.09 Å². The lowest BCUT2D eigenvalue weighted by atomic mass is 10.1. The predicted octanol–water partition coefficient (Wildman–Crippen LogP) is 2.70. The summed E-state index contributed by atoms with van der Waals surface area (Å²) in [5, 5.41) is 7.34. The maximum atomic E-state index is 11.8. The molecule has 5 nitrogen and oxygen atoms in total. The number of hydrogen-bond acceptors (Lipinski definition) is 5. The van der Waals surface area contributed by atoms with Crippen molar-refractivity contribution in [3.8, 4) is 0 Å². The number of imide groups is 1. The smallest absolute Gasteiger partial charge is 0.413 e. The summed E-state index contributed by atoms with van der Waals surface area (Å²) < 4.78 is 4.68. The van der Waals surface area contributed by atoms with Gasteiger partial charge in [0.15, 0.2) is 0 Å². The number of ether oxygens (including phenoxy) is 1. The second-order valence-electron chi connectivity index (χ2n) is 4.51. The van der Waals surface area contributed by atoms with Crippen molar-refractivity contribution in [2.24, 2.45) is 0 Å². The third kappa shape index (κ3) is 4.68. The van der Waals surface area contributed by atoms with Crippen LogP contribution in [0.4, 0.5) is 4.79 Å². The van der Waals surface area contributed by atoms with E-state index < -0.39 is 12.0 Å². The van der Waals surface area contributed by atoms with Crippen LogP contribution in [0.1, 0.15) is 23.4 Å². The lowest BCUT2D eigenvalue weighted by molar-refractivity contribution is -0.119. The number of thiophene rings is 1. The van der Waals surface area contributed by atoms with Crippen LogP contribution in [-0.4, -0.2) is 25.2 Å². The minimum Gasteiger partial charge on any atom is -0.450 e. The number of carbonyl (C=O) groups excluding carboxylic acids is 2.